The highest BCUT2D eigenvalue weighted by atomic mass is 35.5. The molecule has 6 aromatic carbocycles. The maximum atomic E-state index is 6.89. The lowest BCUT2D eigenvalue weighted by Gasteiger charge is -2.30. The van der Waals surface area contributed by atoms with Gasteiger partial charge in [0.05, 0.1) is 5.69 Å². The Labute approximate surface area is 235 Å². The van der Waals surface area contributed by atoms with E-state index in [-0.39, 0.29) is 0 Å². The van der Waals surface area contributed by atoms with Crippen LogP contribution in [0.2, 0.25) is 5.02 Å². The summed E-state index contributed by atoms with van der Waals surface area (Å²) in [5.74, 6) is 0. The van der Waals surface area contributed by atoms with E-state index in [1.54, 1.807) is 0 Å². The number of anilines is 6. The van der Waals surface area contributed by atoms with Crippen LogP contribution < -0.4 is 9.80 Å². The first-order valence-electron chi connectivity index (χ1n) is 13.0. The van der Waals surface area contributed by atoms with Gasteiger partial charge in [-0.3, -0.25) is 0 Å². The summed E-state index contributed by atoms with van der Waals surface area (Å²) in [6, 6.07) is 56.5. The maximum Gasteiger partial charge on any atom is 0.0540 e. The Hall–Kier alpha value is -4.79. The van der Waals surface area contributed by atoms with Gasteiger partial charge < -0.3 is 9.80 Å². The quantitative estimate of drug-likeness (QED) is 0.206. The summed E-state index contributed by atoms with van der Waals surface area (Å²) in [6.45, 7) is 0. The van der Waals surface area contributed by atoms with Crippen molar-refractivity contribution in [3.8, 4) is 11.1 Å². The molecule has 0 heterocycles. The molecule has 6 rings (SSSR count). The summed E-state index contributed by atoms with van der Waals surface area (Å²) < 4.78 is 0. The number of hydrogen-bond donors (Lipinski definition) is 0. The van der Waals surface area contributed by atoms with Gasteiger partial charge in [-0.15, -0.1) is 0 Å². The fourth-order valence-corrected chi connectivity index (χ4v) is 5.18. The van der Waals surface area contributed by atoms with Crippen LogP contribution in [0.1, 0.15) is 0 Å². The van der Waals surface area contributed by atoms with Crippen LogP contribution in [0.3, 0.4) is 0 Å². The largest absolute Gasteiger partial charge is 0.310 e. The van der Waals surface area contributed by atoms with E-state index in [4.69, 9.17) is 11.6 Å². The van der Waals surface area contributed by atoms with Crippen molar-refractivity contribution in [2.24, 2.45) is 0 Å². The molecule has 0 radical (unpaired) electrons. The van der Waals surface area contributed by atoms with Crippen LogP contribution in [-0.2, 0) is 0 Å². The molecule has 0 unspecified atom stereocenters. The Morgan fingerprint density at radius 3 is 1.31 bits per heavy atom. The van der Waals surface area contributed by atoms with Gasteiger partial charge in [-0.1, -0.05) is 115 Å². The van der Waals surface area contributed by atoms with E-state index < -0.39 is 0 Å². The number of rotatable bonds is 7. The molecule has 0 saturated carbocycles. The zero-order valence-electron chi connectivity index (χ0n) is 21.4. The van der Waals surface area contributed by atoms with Crippen LogP contribution in [-0.4, -0.2) is 0 Å². The second-order valence-electron chi connectivity index (χ2n) is 9.23. The van der Waals surface area contributed by atoms with Crippen molar-refractivity contribution in [3.63, 3.8) is 0 Å². The second kappa shape index (κ2) is 11.3. The first-order valence-corrected chi connectivity index (χ1v) is 13.4. The van der Waals surface area contributed by atoms with Gasteiger partial charge in [0, 0.05) is 39.0 Å². The summed E-state index contributed by atoms with van der Waals surface area (Å²) in [7, 11) is 0. The van der Waals surface area contributed by atoms with Gasteiger partial charge in [-0.05, 0) is 66.2 Å². The standard InChI is InChI=1S/C36H27ClN2/c37-29-25-33(38(30-17-7-2-8-18-30)31-19-9-3-10-20-31)27-34(26-29)39(32-21-11-4-12-22-32)36-24-14-13-23-35(36)28-15-5-1-6-16-28/h1-27H. The Balaban J connectivity index is 1.56. The molecule has 0 aliphatic carbocycles. The third kappa shape index (κ3) is 5.29. The second-order valence-corrected chi connectivity index (χ2v) is 9.66. The highest BCUT2D eigenvalue weighted by Crippen LogP contribution is 2.44. The molecule has 6 aromatic rings. The molecule has 0 amide bonds. The minimum absolute atomic E-state index is 0.664. The van der Waals surface area contributed by atoms with Gasteiger partial charge >= 0.3 is 0 Å². The van der Waals surface area contributed by atoms with Gasteiger partial charge in [-0.25, -0.2) is 0 Å². The summed E-state index contributed by atoms with van der Waals surface area (Å²) >= 11 is 6.89. The average molecular weight is 523 g/mol. The van der Waals surface area contributed by atoms with Crippen LogP contribution in [0.5, 0.6) is 0 Å². The lowest BCUT2D eigenvalue weighted by molar-refractivity contribution is 1.25. The molecule has 2 nitrogen and oxygen atoms in total. The number of hydrogen-bond acceptors (Lipinski definition) is 2. The van der Waals surface area contributed by atoms with Crippen LogP contribution in [0, 0.1) is 0 Å². The third-order valence-electron chi connectivity index (χ3n) is 6.66. The van der Waals surface area contributed by atoms with Crippen molar-refractivity contribution >= 4 is 45.7 Å². The zero-order chi connectivity index (χ0) is 26.4. The highest BCUT2D eigenvalue weighted by molar-refractivity contribution is 6.31. The van der Waals surface area contributed by atoms with E-state index in [0.29, 0.717) is 5.02 Å². The van der Waals surface area contributed by atoms with Gasteiger partial charge in [-0.2, -0.15) is 0 Å². The fourth-order valence-electron chi connectivity index (χ4n) is 4.95. The predicted octanol–water partition coefficient (Wildman–Crippen LogP) is 10.9. The SMILES string of the molecule is Clc1cc(N(c2ccccc2)c2ccccc2)cc(N(c2ccccc2)c2ccccc2-c2ccccc2)c1. The summed E-state index contributed by atoms with van der Waals surface area (Å²) in [5, 5.41) is 0.664. The normalized spacial score (nSPS) is 10.7. The topological polar surface area (TPSA) is 6.48 Å². The molecular weight excluding hydrogens is 496 g/mol. The van der Waals surface area contributed by atoms with Crippen LogP contribution in [0.15, 0.2) is 164 Å². The van der Waals surface area contributed by atoms with Crippen molar-refractivity contribution < 1.29 is 0 Å². The van der Waals surface area contributed by atoms with Crippen molar-refractivity contribution in [2.75, 3.05) is 9.80 Å². The van der Waals surface area contributed by atoms with E-state index in [9.17, 15) is 0 Å². The van der Waals surface area contributed by atoms with Crippen molar-refractivity contribution in [3.05, 3.63) is 169 Å². The number of para-hydroxylation sites is 4. The molecule has 0 atom stereocenters. The molecule has 0 spiro atoms. The molecular formula is C36H27ClN2. The minimum Gasteiger partial charge on any atom is -0.310 e. The smallest absolute Gasteiger partial charge is 0.0540 e. The van der Waals surface area contributed by atoms with Crippen LogP contribution in [0.4, 0.5) is 34.1 Å². The Kier molecular flexibility index (Phi) is 7.11. The average Bonchev–Trinajstić information content (AvgIpc) is 3.00. The van der Waals surface area contributed by atoms with Crippen LogP contribution >= 0.6 is 11.6 Å². The summed E-state index contributed by atoms with van der Waals surface area (Å²) in [6.07, 6.45) is 0. The molecule has 0 saturated heterocycles. The first-order chi connectivity index (χ1) is 19.3. The molecule has 0 N–H and O–H groups in total. The number of halogens is 1. The van der Waals surface area contributed by atoms with Gasteiger partial charge in [0.2, 0.25) is 0 Å². The molecule has 0 aromatic heterocycles. The maximum absolute atomic E-state index is 6.89. The lowest BCUT2D eigenvalue weighted by Crippen LogP contribution is -2.14. The number of benzene rings is 6. The van der Waals surface area contributed by atoms with Crippen LogP contribution in [0.25, 0.3) is 11.1 Å². The van der Waals surface area contributed by atoms with Gasteiger partial charge in [0.1, 0.15) is 0 Å². The Bertz CT molecular complexity index is 1610. The van der Waals surface area contributed by atoms with Crippen molar-refractivity contribution in [1.29, 1.82) is 0 Å². The van der Waals surface area contributed by atoms with E-state index >= 15 is 0 Å². The molecule has 0 aliphatic heterocycles. The molecule has 0 bridgehead atoms. The Morgan fingerprint density at radius 1 is 0.359 bits per heavy atom. The van der Waals surface area contributed by atoms with Crippen molar-refractivity contribution in [1.82, 2.24) is 0 Å². The number of nitrogens with zero attached hydrogens (tertiary/aromatic N) is 2. The van der Waals surface area contributed by atoms with Crippen molar-refractivity contribution in [2.45, 2.75) is 0 Å². The third-order valence-corrected chi connectivity index (χ3v) is 6.87. The molecule has 188 valence electrons. The van der Waals surface area contributed by atoms with Gasteiger partial charge in [0.15, 0.2) is 0 Å². The molecule has 0 fully saturated rings. The fraction of sp³-hybridized carbons (Fsp3) is 0. The first kappa shape index (κ1) is 24.5. The Morgan fingerprint density at radius 2 is 0.769 bits per heavy atom. The summed E-state index contributed by atoms with van der Waals surface area (Å²) in [4.78, 5) is 4.52. The lowest BCUT2D eigenvalue weighted by atomic mass is 10.0. The summed E-state index contributed by atoms with van der Waals surface area (Å²) in [5.41, 5.74) is 8.52. The molecule has 39 heavy (non-hydrogen) atoms. The monoisotopic (exact) mass is 522 g/mol. The van der Waals surface area contributed by atoms with E-state index in [1.807, 2.05) is 36.4 Å². The predicted molar refractivity (Wildman–Crippen MR) is 166 cm³/mol. The van der Waals surface area contributed by atoms with E-state index in [0.717, 1.165) is 45.3 Å². The molecule has 3 heteroatoms. The highest BCUT2D eigenvalue weighted by Gasteiger charge is 2.20. The minimum atomic E-state index is 0.664. The van der Waals surface area contributed by atoms with E-state index in [2.05, 4.69) is 137 Å². The van der Waals surface area contributed by atoms with E-state index in [1.165, 1.54) is 0 Å². The van der Waals surface area contributed by atoms with Gasteiger partial charge in [0.25, 0.3) is 0 Å². The zero-order valence-corrected chi connectivity index (χ0v) is 22.1. The molecule has 0 aliphatic rings.